The van der Waals surface area contributed by atoms with Crippen molar-refractivity contribution in [2.45, 2.75) is 38.6 Å². The lowest BCUT2D eigenvalue weighted by molar-refractivity contribution is -0.120. The SMILES string of the molecule is Cc1ccc(NC(=O)C2CCCC(N)C2)cc1NC(=O)c1ccncc1.Cl.Cl. The molecule has 1 saturated carbocycles. The van der Waals surface area contributed by atoms with Crippen LogP contribution < -0.4 is 16.4 Å². The molecule has 0 bridgehead atoms. The number of aromatic nitrogens is 1. The normalized spacial score (nSPS) is 18.2. The maximum absolute atomic E-state index is 12.5. The van der Waals surface area contributed by atoms with Gasteiger partial charge < -0.3 is 16.4 Å². The monoisotopic (exact) mass is 424 g/mol. The lowest BCUT2D eigenvalue weighted by Gasteiger charge is -2.25. The number of hydrogen-bond acceptors (Lipinski definition) is 4. The van der Waals surface area contributed by atoms with Gasteiger partial charge in [0.15, 0.2) is 0 Å². The van der Waals surface area contributed by atoms with E-state index in [9.17, 15) is 9.59 Å². The van der Waals surface area contributed by atoms with E-state index in [0.717, 1.165) is 31.2 Å². The van der Waals surface area contributed by atoms with Gasteiger partial charge in [0.05, 0.1) is 0 Å². The van der Waals surface area contributed by atoms with Gasteiger partial charge in [0.2, 0.25) is 5.91 Å². The molecule has 0 radical (unpaired) electrons. The van der Waals surface area contributed by atoms with Gasteiger partial charge in [-0.05, 0) is 56.0 Å². The minimum atomic E-state index is -0.211. The van der Waals surface area contributed by atoms with Crippen molar-refractivity contribution >= 4 is 48.0 Å². The van der Waals surface area contributed by atoms with Gasteiger partial charge >= 0.3 is 0 Å². The first-order valence-electron chi connectivity index (χ1n) is 8.91. The van der Waals surface area contributed by atoms with Crippen LogP contribution in [0.3, 0.4) is 0 Å². The summed E-state index contributed by atoms with van der Waals surface area (Å²) in [6.07, 6.45) is 6.72. The molecule has 1 fully saturated rings. The number of carbonyl (C=O) groups excluding carboxylic acids is 2. The number of rotatable bonds is 4. The zero-order valence-electron chi connectivity index (χ0n) is 15.7. The zero-order chi connectivity index (χ0) is 18.5. The molecule has 8 heteroatoms. The summed E-state index contributed by atoms with van der Waals surface area (Å²) in [6.45, 7) is 1.91. The van der Waals surface area contributed by atoms with Crippen LogP contribution in [0.4, 0.5) is 11.4 Å². The average Bonchev–Trinajstić information content (AvgIpc) is 2.65. The molecule has 28 heavy (non-hydrogen) atoms. The number of amides is 2. The molecule has 1 aliphatic rings. The first-order chi connectivity index (χ1) is 12.5. The van der Waals surface area contributed by atoms with E-state index < -0.39 is 0 Å². The number of anilines is 2. The standard InChI is InChI=1S/C20H24N4O2.2ClH/c1-13-5-6-17(23-20(26)15-3-2-4-16(21)11-15)12-18(13)24-19(25)14-7-9-22-10-8-14;;/h5-10,12,15-16H,2-4,11,21H2,1H3,(H,23,26)(H,24,25);2*1H. The fraction of sp³-hybridized carbons (Fsp3) is 0.350. The Labute approximate surface area is 177 Å². The third-order valence-electron chi connectivity index (χ3n) is 4.78. The molecule has 2 amide bonds. The highest BCUT2D eigenvalue weighted by molar-refractivity contribution is 6.05. The van der Waals surface area contributed by atoms with Crippen molar-refractivity contribution in [2.24, 2.45) is 11.7 Å². The first-order valence-corrected chi connectivity index (χ1v) is 8.91. The van der Waals surface area contributed by atoms with E-state index >= 15 is 0 Å². The third kappa shape index (κ3) is 6.19. The second-order valence-corrected chi connectivity index (χ2v) is 6.83. The Morgan fingerprint density at radius 2 is 1.79 bits per heavy atom. The highest BCUT2D eigenvalue weighted by atomic mass is 35.5. The smallest absolute Gasteiger partial charge is 0.255 e. The molecular weight excluding hydrogens is 399 g/mol. The van der Waals surface area contributed by atoms with Crippen molar-refractivity contribution < 1.29 is 9.59 Å². The van der Waals surface area contributed by atoms with Gasteiger partial charge in [-0.3, -0.25) is 14.6 Å². The zero-order valence-corrected chi connectivity index (χ0v) is 17.3. The Balaban J connectivity index is 0.00000196. The Morgan fingerprint density at radius 3 is 2.46 bits per heavy atom. The van der Waals surface area contributed by atoms with Gasteiger partial charge in [0.25, 0.3) is 5.91 Å². The Bertz CT molecular complexity index is 802. The number of nitrogens with two attached hydrogens (primary N) is 1. The Kier molecular flexibility index (Phi) is 9.38. The largest absolute Gasteiger partial charge is 0.328 e. The number of halogens is 2. The lowest BCUT2D eigenvalue weighted by atomic mass is 9.85. The number of carbonyl (C=O) groups is 2. The minimum Gasteiger partial charge on any atom is -0.328 e. The van der Waals surface area contributed by atoms with Crippen LogP contribution in [-0.2, 0) is 4.79 Å². The van der Waals surface area contributed by atoms with Crippen LogP contribution in [0.1, 0.15) is 41.6 Å². The van der Waals surface area contributed by atoms with Crippen molar-refractivity contribution in [3.05, 3.63) is 53.9 Å². The Morgan fingerprint density at radius 1 is 1.07 bits per heavy atom. The van der Waals surface area contributed by atoms with Crippen molar-refractivity contribution in [3.8, 4) is 0 Å². The summed E-state index contributed by atoms with van der Waals surface area (Å²) in [6, 6.07) is 8.93. The van der Waals surface area contributed by atoms with Crippen LogP contribution in [-0.4, -0.2) is 22.8 Å². The molecule has 0 aliphatic heterocycles. The predicted molar refractivity (Wildman–Crippen MR) is 116 cm³/mol. The summed E-state index contributed by atoms with van der Waals surface area (Å²) >= 11 is 0. The van der Waals surface area contributed by atoms with Gasteiger partial charge in [-0.15, -0.1) is 24.8 Å². The molecule has 0 saturated heterocycles. The summed E-state index contributed by atoms with van der Waals surface area (Å²) in [5, 5.41) is 5.85. The van der Waals surface area contributed by atoms with E-state index in [1.165, 1.54) is 0 Å². The molecule has 0 spiro atoms. The quantitative estimate of drug-likeness (QED) is 0.691. The summed E-state index contributed by atoms with van der Waals surface area (Å²) in [5.74, 6) is -0.262. The van der Waals surface area contributed by atoms with Crippen molar-refractivity contribution in [1.29, 1.82) is 0 Å². The first kappa shape index (κ1) is 23.9. The summed E-state index contributed by atoms with van der Waals surface area (Å²) < 4.78 is 0. The Hall–Kier alpha value is -2.15. The van der Waals surface area contributed by atoms with E-state index in [1.54, 1.807) is 30.6 Å². The van der Waals surface area contributed by atoms with E-state index in [4.69, 9.17) is 5.73 Å². The molecule has 4 N–H and O–H groups in total. The van der Waals surface area contributed by atoms with Gasteiger partial charge in [-0.2, -0.15) is 0 Å². The number of benzene rings is 1. The number of aryl methyl sites for hydroxylation is 1. The van der Waals surface area contributed by atoms with Crippen LogP contribution in [0.2, 0.25) is 0 Å². The average molecular weight is 425 g/mol. The topological polar surface area (TPSA) is 97.1 Å². The molecule has 2 aromatic rings. The third-order valence-corrected chi connectivity index (χ3v) is 4.78. The van der Waals surface area contributed by atoms with Gasteiger partial charge in [-0.25, -0.2) is 0 Å². The maximum Gasteiger partial charge on any atom is 0.255 e. The number of pyridine rings is 1. The molecular formula is C20H26Cl2N4O2. The molecule has 2 unspecified atom stereocenters. The van der Waals surface area contributed by atoms with Crippen LogP contribution in [0.5, 0.6) is 0 Å². The summed E-state index contributed by atoms with van der Waals surface area (Å²) in [5.41, 5.74) is 8.77. The number of nitrogens with one attached hydrogen (secondary N) is 2. The van der Waals surface area contributed by atoms with E-state index in [2.05, 4.69) is 15.6 Å². The summed E-state index contributed by atoms with van der Waals surface area (Å²) in [7, 11) is 0. The van der Waals surface area contributed by atoms with E-state index in [1.807, 2.05) is 19.1 Å². The predicted octanol–water partition coefficient (Wildman–Crippen LogP) is 3.94. The minimum absolute atomic E-state index is 0. The fourth-order valence-electron chi connectivity index (χ4n) is 3.24. The highest BCUT2D eigenvalue weighted by Crippen LogP contribution is 2.26. The van der Waals surface area contributed by atoms with Crippen molar-refractivity contribution in [2.75, 3.05) is 10.6 Å². The van der Waals surface area contributed by atoms with Crippen LogP contribution >= 0.6 is 24.8 Å². The van der Waals surface area contributed by atoms with Crippen molar-refractivity contribution in [3.63, 3.8) is 0 Å². The molecule has 1 aliphatic carbocycles. The summed E-state index contributed by atoms with van der Waals surface area (Å²) in [4.78, 5) is 28.7. The van der Waals surface area contributed by atoms with Gasteiger partial charge in [-0.1, -0.05) is 12.5 Å². The van der Waals surface area contributed by atoms with E-state index in [0.29, 0.717) is 16.9 Å². The molecule has 3 rings (SSSR count). The highest BCUT2D eigenvalue weighted by Gasteiger charge is 2.25. The molecule has 1 aromatic heterocycles. The van der Waals surface area contributed by atoms with Crippen LogP contribution in [0.15, 0.2) is 42.7 Å². The fourth-order valence-corrected chi connectivity index (χ4v) is 3.24. The van der Waals surface area contributed by atoms with E-state index in [-0.39, 0.29) is 48.6 Å². The second-order valence-electron chi connectivity index (χ2n) is 6.83. The molecule has 1 aromatic carbocycles. The van der Waals surface area contributed by atoms with Crippen molar-refractivity contribution in [1.82, 2.24) is 4.98 Å². The maximum atomic E-state index is 12.5. The molecule has 1 heterocycles. The lowest BCUT2D eigenvalue weighted by Crippen LogP contribution is -2.34. The molecule has 6 nitrogen and oxygen atoms in total. The number of nitrogens with zero attached hydrogens (tertiary/aromatic N) is 1. The van der Waals surface area contributed by atoms with Crippen LogP contribution in [0.25, 0.3) is 0 Å². The van der Waals surface area contributed by atoms with Crippen LogP contribution in [0, 0.1) is 12.8 Å². The van der Waals surface area contributed by atoms with Gasteiger partial charge in [0.1, 0.15) is 0 Å². The molecule has 2 atom stereocenters. The van der Waals surface area contributed by atoms with Gasteiger partial charge in [0, 0.05) is 41.3 Å². The number of hydrogen-bond donors (Lipinski definition) is 3. The molecule has 152 valence electrons. The second kappa shape index (κ2) is 11.0.